The van der Waals surface area contributed by atoms with Crippen molar-refractivity contribution in [2.24, 2.45) is 5.92 Å². The lowest BCUT2D eigenvalue weighted by Crippen LogP contribution is -2.48. The van der Waals surface area contributed by atoms with E-state index in [0.29, 0.717) is 0 Å². The van der Waals surface area contributed by atoms with Crippen molar-refractivity contribution in [3.8, 4) is 0 Å². The summed E-state index contributed by atoms with van der Waals surface area (Å²) in [4.78, 5) is 30.3. The van der Waals surface area contributed by atoms with Gasteiger partial charge >= 0.3 is 2.85 Å². The average molecular weight is 205 g/mol. The first kappa shape index (κ1) is 12.4. The van der Waals surface area contributed by atoms with E-state index < -0.39 is 42.8 Å². The van der Waals surface area contributed by atoms with E-state index >= 15 is 0 Å². The van der Waals surface area contributed by atoms with Crippen molar-refractivity contribution in [2.45, 2.75) is 18.9 Å². The summed E-state index contributed by atoms with van der Waals surface area (Å²) in [5, 5.41) is 39.1. The average Bonchev–Trinajstić information content (AvgIpc) is 2.02. The maximum absolute atomic E-state index is 10.3. The molecular weight excluding hydrogens is 196 g/mol. The second-order valence-electron chi connectivity index (χ2n) is 2.60. The van der Waals surface area contributed by atoms with Crippen LogP contribution in [0.4, 0.5) is 0 Å². The van der Waals surface area contributed by atoms with Crippen LogP contribution < -0.4 is 15.3 Å². The molecule has 0 spiro atoms. The Hall–Kier alpha value is -1.63. The van der Waals surface area contributed by atoms with Crippen molar-refractivity contribution in [1.29, 1.82) is 0 Å². The van der Waals surface area contributed by atoms with Crippen LogP contribution in [0.15, 0.2) is 0 Å². The summed E-state index contributed by atoms with van der Waals surface area (Å²) >= 11 is 0. The SMILES string of the molecule is O=C([O-])CCC(C(=O)[O-])C(O)C(=O)[O-].[H+].[H+]. The highest BCUT2D eigenvalue weighted by atomic mass is 16.4. The first-order valence-corrected chi connectivity index (χ1v) is 3.66. The van der Waals surface area contributed by atoms with E-state index in [1.807, 2.05) is 0 Å². The van der Waals surface area contributed by atoms with Crippen molar-refractivity contribution >= 4 is 17.9 Å². The van der Waals surface area contributed by atoms with E-state index in [-0.39, 0.29) is 2.85 Å². The molecule has 7 heteroatoms. The lowest BCUT2D eigenvalue weighted by molar-refractivity contribution is -0.331. The summed E-state index contributed by atoms with van der Waals surface area (Å²) in [6.45, 7) is 0. The lowest BCUT2D eigenvalue weighted by Gasteiger charge is -2.24. The molecule has 0 saturated heterocycles. The number of carbonyl (C=O) groups excluding carboxylic acids is 3. The van der Waals surface area contributed by atoms with Gasteiger partial charge in [0.15, 0.2) is 0 Å². The molecule has 1 N–H and O–H groups in total. The monoisotopic (exact) mass is 205 g/mol. The predicted octanol–water partition coefficient (Wildman–Crippen LogP) is -4.78. The summed E-state index contributed by atoms with van der Waals surface area (Å²) in [6, 6.07) is 0. The van der Waals surface area contributed by atoms with Gasteiger partial charge in [0.05, 0.1) is 5.97 Å². The zero-order valence-corrected chi connectivity index (χ0v) is 6.97. The fourth-order valence-corrected chi connectivity index (χ4v) is 0.842. The van der Waals surface area contributed by atoms with Crippen LogP contribution in [0.3, 0.4) is 0 Å². The van der Waals surface area contributed by atoms with E-state index in [9.17, 15) is 29.7 Å². The smallest absolute Gasteiger partial charge is 0.550 e. The minimum absolute atomic E-state index is 0. The summed E-state index contributed by atoms with van der Waals surface area (Å²) in [6.07, 6.45) is -3.54. The number of aliphatic hydroxyl groups is 1. The van der Waals surface area contributed by atoms with Gasteiger partial charge in [0.25, 0.3) is 0 Å². The van der Waals surface area contributed by atoms with Crippen LogP contribution in [-0.4, -0.2) is 29.1 Å². The van der Waals surface area contributed by atoms with E-state index in [4.69, 9.17) is 5.11 Å². The van der Waals surface area contributed by atoms with Crippen molar-refractivity contribution in [2.75, 3.05) is 0 Å². The molecule has 80 valence electrons. The number of rotatable bonds is 6. The molecule has 0 aliphatic rings. The zero-order valence-electron chi connectivity index (χ0n) is 8.97. The minimum atomic E-state index is -2.28. The summed E-state index contributed by atoms with van der Waals surface area (Å²) in [7, 11) is 0. The van der Waals surface area contributed by atoms with Crippen LogP contribution in [0, 0.1) is 5.92 Å². The maximum Gasteiger partial charge on any atom is 1.00 e. The molecule has 0 bridgehead atoms. The Balaban J connectivity index is -0.000000845. The van der Waals surface area contributed by atoms with Gasteiger partial charge in [-0.05, 0) is 12.8 Å². The highest BCUT2D eigenvalue weighted by Crippen LogP contribution is 2.10. The Bertz CT molecular complexity index is 255. The molecule has 0 aliphatic carbocycles. The summed E-state index contributed by atoms with van der Waals surface area (Å²) < 4.78 is 0. The van der Waals surface area contributed by atoms with Gasteiger partial charge in [0.2, 0.25) is 0 Å². The van der Waals surface area contributed by atoms with Crippen molar-refractivity contribution in [3.05, 3.63) is 0 Å². The molecule has 0 aromatic carbocycles. The number of hydrogen-bond acceptors (Lipinski definition) is 7. The molecule has 0 fully saturated rings. The van der Waals surface area contributed by atoms with Crippen LogP contribution in [0.5, 0.6) is 0 Å². The van der Waals surface area contributed by atoms with Gasteiger partial charge in [0, 0.05) is 17.9 Å². The van der Waals surface area contributed by atoms with E-state index in [2.05, 4.69) is 0 Å². The molecule has 0 amide bonds. The number of aliphatic hydroxyl groups excluding tert-OH is 1. The normalized spacial score (nSPS) is 14.4. The predicted molar refractivity (Wildman–Crippen MR) is 36.0 cm³/mol. The first-order chi connectivity index (χ1) is 6.36. The molecule has 0 aromatic heterocycles. The third-order valence-corrected chi connectivity index (χ3v) is 1.58. The van der Waals surface area contributed by atoms with Crippen molar-refractivity contribution < 1.29 is 37.7 Å². The maximum atomic E-state index is 10.3. The standard InChI is InChI=1S/C7H10O7/c8-4(9)2-1-3(6(11)12)5(10)7(13)14/h3,5,10H,1-2H2,(H,8,9)(H,11,12)(H,13,14)/p-1. The second-order valence-corrected chi connectivity index (χ2v) is 2.60. The van der Waals surface area contributed by atoms with Crippen molar-refractivity contribution in [3.63, 3.8) is 0 Å². The third kappa shape index (κ3) is 3.85. The Morgan fingerprint density at radius 3 is 1.93 bits per heavy atom. The number of carboxylic acid groups (broad SMARTS) is 3. The fourth-order valence-electron chi connectivity index (χ4n) is 0.842. The summed E-state index contributed by atoms with van der Waals surface area (Å²) in [5.41, 5.74) is 0. The highest BCUT2D eigenvalue weighted by molar-refractivity contribution is 5.79. The number of hydrogen-bond donors (Lipinski definition) is 1. The summed E-state index contributed by atoms with van der Waals surface area (Å²) in [5.74, 6) is -7.18. The van der Waals surface area contributed by atoms with Gasteiger partial charge < -0.3 is 34.8 Å². The van der Waals surface area contributed by atoms with Gasteiger partial charge in [-0.1, -0.05) is 0 Å². The Morgan fingerprint density at radius 2 is 1.64 bits per heavy atom. The Labute approximate surface area is 81.6 Å². The van der Waals surface area contributed by atoms with Gasteiger partial charge in [-0.15, -0.1) is 0 Å². The molecule has 0 saturated carbocycles. The van der Waals surface area contributed by atoms with Crippen LogP contribution in [0.2, 0.25) is 0 Å². The van der Waals surface area contributed by atoms with Crippen LogP contribution in [0.25, 0.3) is 0 Å². The molecule has 2 unspecified atom stereocenters. The fraction of sp³-hybridized carbons (Fsp3) is 0.571. The van der Waals surface area contributed by atoms with Gasteiger partial charge in [-0.2, -0.15) is 0 Å². The molecule has 0 radical (unpaired) electrons. The molecule has 14 heavy (non-hydrogen) atoms. The molecule has 0 aromatic rings. The van der Waals surface area contributed by atoms with Gasteiger partial charge in [-0.25, -0.2) is 0 Å². The van der Waals surface area contributed by atoms with E-state index in [1.165, 1.54) is 0 Å². The Kier molecular flexibility index (Phi) is 4.57. The van der Waals surface area contributed by atoms with Crippen molar-refractivity contribution in [1.82, 2.24) is 0 Å². The number of carboxylic acids is 3. The molecule has 0 aliphatic heterocycles. The molecule has 7 nitrogen and oxygen atoms in total. The topological polar surface area (TPSA) is 141 Å². The number of carbonyl (C=O) groups is 3. The van der Waals surface area contributed by atoms with Crippen LogP contribution in [-0.2, 0) is 14.4 Å². The second kappa shape index (κ2) is 5.18. The highest BCUT2D eigenvalue weighted by Gasteiger charge is 2.21. The third-order valence-electron chi connectivity index (χ3n) is 1.58. The largest absolute Gasteiger partial charge is 1.00 e. The Morgan fingerprint density at radius 1 is 1.14 bits per heavy atom. The van der Waals surface area contributed by atoms with Gasteiger partial charge in [0.1, 0.15) is 6.10 Å². The van der Waals surface area contributed by atoms with E-state index in [1.54, 1.807) is 0 Å². The molecule has 0 heterocycles. The first-order valence-electron chi connectivity index (χ1n) is 3.66. The number of aliphatic carboxylic acids is 3. The zero-order chi connectivity index (χ0) is 11.3. The molecular formula is C7H9O7-. The minimum Gasteiger partial charge on any atom is -0.550 e. The quantitative estimate of drug-likeness (QED) is 0.458. The molecule has 2 atom stereocenters. The lowest BCUT2D eigenvalue weighted by atomic mass is 9.97. The molecule has 0 rings (SSSR count). The van der Waals surface area contributed by atoms with E-state index in [0.717, 1.165) is 0 Å². The van der Waals surface area contributed by atoms with Gasteiger partial charge in [-0.3, -0.25) is 0 Å². The van der Waals surface area contributed by atoms with Crippen LogP contribution >= 0.6 is 0 Å². The van der Waals surface area contributed by atoms with Crippen LogP contribution in [0.1, 0.15) is 15.7 Å².